The Morgan fingerprint density at radius 3 is 2.88 bits per heavy atom. The monoisotopic (exact) mass is 350 g/mol. The largest absolute Gasteiger partial charge is 0.381 e. The summed E-state index contributed by atoms with van der Waals surface area (Å²) in [6, 6.07) is 0.901. The molecule has 2 unspecified atom stereocenters. The Labute approximate surface area is 149 Å². The number of tetrazole rings is 1. The number of likely N-dealkylation sites (tertiary alicyclic amines) is 1. The molecule has 0 aromatic carbocycles. The maximum absolute atomic E-state index is 12.3. The summed E-state index contributed by atoms with van der Waals surface area (Å²) in [7, 11) is 0. The Hall–Kier alpha value is -1.54. The van der Waals surface area contributed by atoms with Gasteiger partial charge < -0.3 is 10.1 Å². The van der Waals surface area contributed by atoms with Gasteiger partial charge in [-0.15, -0.1) is 5.10 Å². The summed E-state index contributed by atoms with van der Waals surface area (Å²) < 4.78 is 7.15. The molecule has 0 spiro atoms. The molecule has 8 heteroatoms. The van der Waals surface area contributed by atoms with Crippen molar-refractivity contribution in [2.24, 2.45) is 5.92 Å². The molecule has 1 amide bonds. The predicted octanol–water partition coefficient (Wildman–Crippen LogP) is 0.849. The molecule has 8 nitrogen and oxygen atoms in total. The highest BCUT2D eigenvalue weighted by atomic mass is 16.5. The lowest BCUT2D eigenvalue weighted by Gasteiger charge is -2.31. The molecule has 3 heterocycles. The zero-order valence-electron chi connectivity index (χ0n) is 15.1. The van der Waals surface area contributed by atoms with E-state index >= 15 is 0 Å². The van der Waals surface area contributed by atoms with E-state index in [-0.39, 0.29) is 11.9 Å². The van der Waals surface area contributed by atoms with Gasteiger partial charge in [0.25, 0.3) is 0 Å². The second kappa shape index (κ2) is 9.24. The fraction of sp³-hybridized carbons (Fsp3) is 0.882. The SMILES string of the molecule is CCCC1CN(C2CCOCC2)CC1NC(=O)CCCn1cnnn1. The number of carbonyl (C=O) groups excluding carboxylic acids is 1. The first-order valence-electron chi connectivity index (χ1n) is 9.58. The van der Waals surface area contributed by atoms with Crippen LogP contribution in [-0.2, 0) is 16.1 Å². The summed E-state index contributed by atoms with van der Waals surface area (Å²) >= 11 is 0. The summed E-state index contributed by atoms with van der Waals surface area (Å²) in [6.07, 6.45) is 7.43. The fourth-order valence-corrected chi connectivity index (χ4v) is 4.04. The third kappa shape index (κ3) is 5.22. The molecule has 0 saturated carbocycles. The van der Waals surface area contributed by atoms with Crippen molar-refractivity contribution >= 4 is 5.91 Å². The molecule has 25 heavy (non-hydrogen) atoms. The van der Waals surface area contributed by atoms with E-state index in [1.165, 1.54) is 6.42 Å². The van der Waals surface area contributed by atoms with Crippen molar-refractivity contribution in [2.75, 3.05) is 26.3 Å². The van der Waals surface area contributed by atoms with E-state index in [2.05, 4.69) is 32.7 Å². The summed E-state index contributed by atoms with van der Waals surface area (Å²) in [5, 5.41) is 14.3. The van der Waals surface area contributed by atoms with Crippen molar-refractivity contribution in [3.05, 3.63) is 6.33 Å². The second-order valence-electron chi connectivity index (χ2n) is 7.20. The third-order valence-corrected chi connectivity index (χ3v) is 5.36. The summed E-state index contributed by atoms with van der Waals surface area (Å²) in [5.74, 6) is 0.712. The summed E-state index contributed by atoms with van der Waals surface area (Å²) in [5.41, 5.74) is 0. The van der Waals surface area contributed by atoms with E-state index in [4.69, 9.17) is 4.74 Å². The van der Waals surface area contributed by atoms with Crippen molar-refractivity contribution < 1.29 is 9.53 Å². The molecule has 2 atom stereocenters. The molecule has 1 aromatic heterocycles. The Morgan fingerprint density at radius 2 is 2.16 bits per heavy atom. The number of hydrogen-bond acceptors (Lipinski definition) is 6. The topological polar surface area (TPSA) is 85.2 Å². The molecule has 2 saturated heterocycles. The Kier molecular flexibility index (Phi) is 6.75. The first kappa shape index (κ1) is 18.3. The standard InChI is InChI=1S/C17H30N6O2/c1-2-4-14-11-22(15-6-9-25-10-7-15)12-16(14)19-17(24)5-3-8-23-13-18-20-21-23/h13-16H,2-12H2,1H3,(H,19,24). The van der Waals surface area contributed by atoms with Crippen LogP contribution < -0.4 is 5.32 Å². The third-order valence-electron chi connectivity index (χ3n) is 5.36. The van der Waals surface area contributed by atoms with Crippen LogP contribution in [0, 0.1) is 5.92 Å². The minimum Gasteiger partial charge on any atom is -0.381 e. The van der Waals surface area contributed by atoms with Crippen LogP contribution in [0.25, 0.3) is 0 Å². The van der Waals surface area contributed by atoms with Gasteiger partial charge in [0.1, 0.15) is 6.33 Å². The molecule has 3 rings (SSSR count). The van der Waals surface area contributed by atoms with Crippen molar-refractivity contribution in [1.82, 2.24) is 30.4 Å². The second-order valence-corrected chi connectivity index (χ2v) is 7.20. The highest BCUT2D eigenvalue weighted by Gasteiger charge is 2.36. The first-order chi connectivity index (χ1) is 12.3. The highest BCUT2D eigenvalue weighted by Crippen LogP contribution is 2.27. The Morgan fingerprint density at radius 1 is 1.32 bits per heavy atom. The Balaban J connectivity index is 1.45. The van der Waals surface area contributed by atoms with Gasteiger partial charge in [-0.3, -0.25) is 9.69 Å². The van der Waals surface area contributed by atoms with E-state index < -0.39 is 0 Å². The summed E-state index contributed by atoms with van der Waals surface area (Å²) in [6.45, 7) is 6.73. The van der Waals surface area contributed by atoms with Gasteiger partial charge >= 0.3 is 0 Å². The molecule has 2 fully saturated rings. The number of aryl methyl sites for hydroxylation is 1. The highest BCUT2D eigenvalue weighted by molar-refractivity contribution is 5.76. The number of nitrogens with zero attached hydrogens (tertiary/aromatic N) is 5. The molecule has 2 aliphatic rings. The van der Waals surface area contributed by atoms with E-state index in [1.807, 2.05) is 0 Å². The van der Waals surface area contributed by atoms with Crippen LogP contribution in [0.2, 0.25) is 0 Å². The van der Waals surface area contributed by atoms with Gasteiger partial charge in [-0.05, 0) is 42.0 Å². The minimum atomic E-state index is 0.146. The van der Waals surface area contributed by atoms with Crippen LogP contribution in [-0.4, -0.2) is 69.4 Å². The first-order valence-corrected chi connectivity index (χ1v) is 9.58. The van der Waals surface area contributed by atoms with Gasteiger partial charge in [-0.2, -0.15) is 0 Å². The van der Waals surface area contributed by atoms with Crippen molar-refractivity contribution in [2.45, 2.75) is 64.1 Å². The van der Waals surface area contributed by atoms with Gasteiger partial charge in [0.15, 0.2) is 0 Å². The molecule has 0 aliphatic carbocycles. The van der Waals surface area contributed by atoms with E-state index in [0.717, 1.165) is 52.0 Å². The molecular weight excluding hydrogens is 320 g/mol. The molecule has 1 N–H and O–H groups in total. The Bertz CT molecular complexity index is 517. The predicted molar refractivity (Wildman–Crippen MR) is 92.8 cm³/mol. The van der Waals surface area contributed by atoms with E-state index in [1.54, 1.807) is 11.0 Å². The smallest absolute Gasteiger partial charge is 0.220 e. The average molecular weight is 350 g/mol. The quantitative estimate of drug-likeness (QED) is 0.748. The number of hydrogen-bond donors (Lipinski definition) is 1. The van der Waals surface area contributed by atoms with Crippen molar-refractivity contribution in [1.29, 1.82) is 0 Å². The molecule has 140 valence electrons. The maximum atomic E-state index is 12.3. The van der Waals surface area contributed by atoms with Crippen LogP contribution in [0.15, 0.2) is 6.33 Å². The lowest BCUT2D eigenvalue weighted by Crippen LogP contribution is -2.42. The number of rotatable bonds is 8. The molecule has 0 radical (unpaired) electrons. The van der Waals surface area contributed by atoms with E-state index in [0.29, 0.717) is 24.9 Å². The van der Waals surface area contributed by atoms with Gasteiger partial charge in [-0.1, -0.05) is 13.3 Å². The number of carbonyl (C=O) groups is 1. The molecular formula is C17H30N6O2. The minimum absolute atomic E-state index is 0.146. The zero-order chi connectivity index (χ0) is 17.5. The molecule has 1 aromatic rings. The van der Waals surface area contributed by atoms with Crippen LogP contribution in [0.5, 0.6) is 0 Å². The maximum Gasteiger partial charge on any atom is 0.220 e. The summed E-state index contributed by atoms with van der Waals surface area (Å²) in [4.78, 5) is 14.9. The zero-order valence-corrected chi connectivity index (χ0v) is 15.1. The van der Waals surface area contributed by atoms with Gasteiger partial charge in [-0.25, -0.2) is 4.68 Å². The lowest BCUT2D eigenvalue weighted by atomic mass is 9.98. The number of aromatic nitrogens is 4. The van der Waals surface area contributed by atoms with Crippen molar-refractivity contribution in [3.63, 3.8) is 0 Å². The van der Waals surface area contributed by atoms with Gasteiger partial charge in [0.05, 0.1) is 0 Å². The molecule has 0 bridgehead atoms. The van der Waals surface area contributed by atoms with Crippen LogP contribution in [0.4, 0.5) is 0 Å². The normalized spacial score (nSPS) is 25.3. The van der Waals surface area contributed by atoms with Crippen LogP contribution in [0.3, 0.4) is 0 Å². The van der Waals surface area contributed by atoms with E-state index in [9.17, 15) is 4.79 Å². The van der Waals surface area contributed by atoms with Crippen molar-refractivity contribution in [3.8, 4) is 0 Å². The van der Waals surface area contributed by atoms with Gasteiger partial charge in [0.2, 0.25) is 5.91 Å². The fourth-order valence-electron chi connectivity index (χ4n) is 4.04. The van der Waals surface area contributed by atoms with Crippen LogP contribution >= 0.6 is 0 Å². The lowest BCUT2D eigenvalue weighted by molar-refractivity contribution is -0.122. The average Bonchev–Trinajstić information content (AvgIpc) is 3.27. The van der Waals surface area contributed by atoms with Crippen LogP contribution in [0.1, 0.15) is 45.4 Å². The number of ether oxygens (including phenoxy) is 1. The van der Waals surface area contributed by atoms with Gasteiger partial charge in [0, 0.05) is 51.4 Å². The number of nitrogens with one attached hydrogen (secondary N) is 1. The molecule has 2 aliphatic heterocycles. The number of amides is 1.